The van der Waals surface area contributed by atoms with Gasteiger partial charge in [0.1, 0.15) is 0 Å². The predicted octanol–water partition coefficient (Wildman–Crippen LogP) is 14.8. The fraction of sp³-hybridized carbons (Fsp3) is 0.111. The molecule has 11 rings (SSSR count). The molecular weight excluding hydrogens is 649 g/mol. The second-order valence-electron chi connectivity index (χ2n) is 16.5. The van der Waals surface area contributed by atoms with Crippen molar-refractivity contribution >= 4 is 32.3 Å². The number of benzene rings is 9. The highest BCUT2D eigenvalue weighted by Gasteiger charge is 2.42. The summed E-state index contributed by atoms with van der Waals surface area (Å²) < 4.78 is 0. The van der Waals surface area contributed by atoms with Crippen LogP contribution in [0.1, 0.15) is 49.9 Å². The van der Waals surface area contributed by atoms with Gasteiger partial charge in [-0.1, -0.05) is 155 Å². The van der Waals surface area contributed by atoms with Crippen molar-refractivity contribution in [1.29, 1.82) is 0 Å². The van der Waals surface area contributed by atoms with Crippen molar-refractivity contribution in [3.05, 3.63) is 192 Å². The van der Waals surface area contributed by atoms with Crippen LogP contribution in [0.15, 0.2) is 170 Å². The molecule has 2 aliphatic rings. The van der Waals surface area contributed by atoms with Crippen LogP contribution < -0.4 is 0 Å². The molecule has 0 aromatic heterocycles. The van der Waals surface area contributed by atoms with Crippen LogP contribution in [0.5, 0.6) is 0 Å². The monoisotopic (exact) mass is 688 g/mol. The van der Waals surface area contributed by atoms with Gasteiger partial charge >= 0.3 is 0 Å². The maximum atomic E-state index is 2.54. The molecule has 0 heterocycles. The Bertz CT molecular complexity index is 3030. The zero-order valence-corrected chi connectivity index (χ0v) is 31.2. The van der Waals surface area contributed by atoms with Crippen molar-refractivity contribution in [3.63, 3.8) is 0 Å². The molecule has 0 aliphatic heterocycles. The Balaban J connectivity index is 1.04. The third-order valence-corrected chi connectivity index (χ3v) is 12.8. The van der Waals surface area contributed by atoms with E-state index < -0.39 is 0 Å². The topological polar surface area (TPSA) is 0 Å². The molecule has 0 spiro atoms. The third-order valence-electron chi connectivity index (χ3n) is 12.8. The van der Waals surface area contributed by atoms with Crippen molar-refractivity contribution in [2.45, 2.75) is 38.5 Å². The second kappa shape index (κ2) is 11.1. The van der Waals surface area contributed by atoms with Crippen LogP contribution in [0.3, 0.4) is 0 Å². The molecule has 0 N–H and O–H groups in total. The summed E-state index contributed by atoms with van der Waals surface area (Å²) in [5.41, 5.74) is 18.5. The summed E-state index contributed by atoms with van der Waals surface area (Å²) >= 11 is 0. The van der Waals surface area contributed by atoms with Gasteiger partial charge in [0.25, 0.3) is 0 Å². The summed E-state index contributed by atoms with van der Waals surface area (Å²) in [5, 5.41) is 7.75. The first-order valence-corrected chi connectivity index (χ1v) is 19.3. The van der Waals surface area contributed by atoms with Crippen molar-refractivity contribution in [3.8, 4) is 55.6 Å². The highest BCUT2D eigenvalue weighted by atomic mass is 14.4. The van der Waals surface area contributed by atoms with E-state index in [1.807, 2.05) is 0 Å². The van der Waals surface area contributed by atoms with Gasteiger partial charge in [-0.2, -0.15) is 0 Å². The van der Waals surface area contributed by atoms with E-state index in [9.17, 15) is 0 Å². The molecular formula is C54H40. The minimum absolute atomic E-state index is 0.134. The van der Waals surface area contributed by atoms with Crippen molar-refractivity contribution in [2.75, 3.05) is 0 Å². The molecule has 9 aromatic carbocycles. The molecule has 0 atom stereocenters. The smallest absolute Gasteiger partial charge is 0.0159 e. The normalized spacial score (nSPS) is 14.6. The zero-order valence-electron chi connectivity index (χ0n) is 31.2. The molecule has 9 aromatic rings. The van der Waals surface area contributed by atoms with Crippen LogP contribution in [0, 0.1) is 0 Å². The highest BCUT2D eigenvalue weighted by Crippen LogP contribution is 2.57. The summed E-state index contributed by atoms with van der Waals surface area (Å²) in [6.45, 7) is 9.67. The van der Waals surface area contributed by atoms with Gasteiger partial charge < -0.3 is 0 Å². The maximum Gasteiger partial charge on any atom is 0.0159 e. The fourth-order valence-corrected chi connectivity index (χ4v) is 9.93. The summed E-state index contributed by atoms with van der Waals surface area (Å²) in [4.78, 5) is 0. The largest absolute Gasteiger partial charge is 0.0622 e. The molecule has 0 bridgehead atoms. The van der Waals surface area contributed by atoms with E-state index in [-0.39, 0.29) is 10.8 Å². The fourth-order valence-electron chi connectivity index (χ4n) is 9.93. The summed E-state index contributed by atoms with van der Waals surface area (Å²) in [7, 11) is 0. The Kier molecular flexibility index (Phi) is 6.46. The first-order chi connectivity index (χ1) is 26.3. The summed E-state index contributed by atoms with van der Waals surface area (Å²) in [5.74, 6) is 0. The molecule has 0 unspecified atom stereocenters. The van der Waals surface area contributed by atoms with Gasteiger partial charge in [-0.25, -0.2) is 0 Å². The number of fused-ring (bicyclic) bond motifs is 10. The second-order valence-corrected chi connectivity index (χ2v) is 16.5. The van der Waals surface area contributed by atoms with E-state index in [4.69, 9.17) is 0 Å². The Morgan fingerprint density at radius 1 is 0.259 bits per heavy atom. The van der Waals surface area contributed by atoms with Crippen LogP contribution in [0.2, 0.25) is 0 Å². The maximum absolute atomic E-state index is 2.54. The molecule has 0 saturated carbocycles. The van der Waals surface area contributed by atoms with Crippen LogP contribution in [-0.4, -0.2) is 0 Å². The molecule has 0 radical (unpaired) electrons. The van der Waals surface area contributed by atoms with E-state index in [2.05, 4.69) is 198 Å². The third kappa shape index (κ3) is 4.37. The van der Waals surface area contributed by atoms with Crippen LogP contribution in [0.25, 0.3) is 88.0 Å². The molecule has 0 heteroatoms. The number of hydrogen-bond donors (Lipinski definition) is 0. The average Bonchev–Trinajstić information content (AvgIpc) is 3.57. The molecule has 54 heavy (non-hydrogen) atoms. The van der Waals surface area contributed by atoms with E-state index in [1.54, 1.807) is 0 Å². The lowest BCUT2D eigenvalue weighted by atomic mass is 9.78. The summed E-state index contributed by atoms with van der Waals surface area (Å²) in [6, 6.07) is 63.9. The lowest BCUT2D eigenvalue weighted by Gasteiger charge is -2.24. The average molecular weight is 689 g/mol. The van der Waals surface area contributed by atoms with Gasteiger partial charge in [0, 0.05) is 10.8 Å². The lowest BCUT2D eigenvalue weighted by Crippen LogP contribution is -2.17. The van der Waals surface area contributed by atoms with Crippen molar-refractivity contribution in [2.24, 2.45) is 0 Å². The van der Waals surface area contributed by atoms with Crippen molar-refractivity contribution < 1.29 is 0 Å². The first kappa shape index (κ1) is 31.3. The highest BCUT2D eigenvalue weighted by molar-refractivity contribution is 6.14. The quantitative estimate of drug-likeness (QED) is 0.162. The van der Waals surface area contributed by atoms with Crippen LogP contribution in [0.4, 0.5) is 0 Å². The Labute approximate surface area is 317 Å². The van der Waals surface area contributed by atoms with E-state index in [0.717, 1.165) is 0 Å². The minimum atomic E-state index is -0.143. The van der Waals surface area contributed by atoms with Gasteiger partial charge in [-0.15, -0.1) is 0 Å². The molecule has 256 valence electrons. The van der Waals surface area contributed by atoms with Crippen molar-refractivity contribution in [1.82, 2.24) is 0 Å². The van der Waals surface area contributed by atoms with Gasteiger partial charge in [0.2, 0.25) is 0 Å². The van der Waals surface area contributed by atoms with E-state index in [1.165, 1.54) is 110 Å². The number of rotatable bonds is 3. The summed E-state index contributed by atoms with van der Waals surface area (Å²) in [6.07, 6.45) is 0. The molecule has 0 saturated heterocycles. The van der Waals surface area contributed by atoms with Gasteiger partial charge in [0.05, 0.1) is 0 Å². The molecule has 0 amide bonds. The Morgan fingerprint density at radius 3 is 1.28 bits per heavy atom. The van der Waals surface area contributed by atoms with E-state index >= 15 is 0 Å². The van der Waals surface area contributed by atoms with Crippen LogP contribution in [-0.2, 0) is 10.8 Å². The minimum Gasteiger partial charge on any atom is -0.0622 e. The molecule has 2 aliphatic carbocycles. The van der Waals surface area contributed by atoms with Crippen LogP contribution >= 0.6 is 0 Å². The number of hydrogen-bond acceptors (Lipinski definition) is 0. The SMILES string of the molecule is CC1(C)c2cc(-c3cc4ccccc4cc3-c3ccccc3)ccc2-c2cc3c(cc21)-c1ccc(-c2cc4ccccc4c4ccccc24)cc1C3(C)C. The standard InChI is InChI=1S/C54H40/c1-53(2)49-29-37(45-28-36-18-10-11-19-39(36)40-20-12-13-21-41(40)45)22-24-42(49)47-31-52-48(32-51(47)53)43-25-23-38(30-50(43)54(52,3)4)46-27-35-17-9-8-16-34(35)26-44(46)33-14-6-5-7-15-33/h5-32H,1-4H3. The van der Waals surface area contributed by atoms with E-state index in [0.29, 0.717) is 0 Å². The first-order valence-electron chi connectivity index (χ1n) is 19.3. The van der Waals surface area contributed by atoms with Gasteiger partial charge in [-0.05, 0) is 153 Å². The van der Waals surface area contributed by atoms with Gasteiger partial charge in [-0.3, -0.25) is 0 Å². The predicted molar refractivity (Wildman–Crippen MR) is 230 cm³/mol. The molecule has 0 nitrogen and oxygen atoms in total. The lowest BCUT2D eigenvalue weighted by molar-refractivity contribution is 0.652. The molecule has 0 fully saturated rings. The Morgan fingerprint density at radius 2 is 0.685 bits per heavy atom. The zero-order chi connectivity index (χ0) is 36.3. The van der Waals surface area contributed by atoms with Gasteiger partial charge in [0.15, 0.2) is 0 Å². The Hall–Kier alpha value is -6.24.